The van der Waals surface area contributed by atoms with Crippen LogP contribution in [-0.2, 0) is 14.8 Å². The van der Waals surface area contributed by atoms with Crippen LogP contribution in [0.2, 0.25) is 0 Å². The van der Waals surface area contributed by atoms with Crippen LogP contribution in [0.1, 0.15) is 43.3 Å². The van der Waals surface area contributed by atoms with Gasteiger partial charge in [-0.2, -0.15) is 0 Å². The molecule has 30 heavy (non-hydrogen) atoms. The van der Waals surface area contributed by atoms with Crippen LogP contribution in [-0.4, -0.2) is 43.8 Å². The van der Waals surface area contributed by atoms with Gasteiger partial charge >= 0.3 is 0 Å². The first-order valence-corrected chi connectivity index (χ1v) is 12.2. The summed E-state index contributed by atoms with van der Waals surface area (Å²) < 4.78 is 27.3. The van der Waals surface area contributed by atoms with Gasteiger partial charge in [0.2, 0.25) is 15.9 Å². The van der Waals surface area contributed by atoms with E-state index < -0.39 is 15.6 Å². The molecule has 1 aromatic carbocycles. The summed E-state index contributed by atoms with van der Waals surface area (Å²) in [4.78, 5) is 27.7. The van der Waals surface area contributed by atoms with Gasteiger partial charge in [0.25, 0.3) is 5.91 Å². The first-order valence-electron chi connectivity index (χ1n) is 9.83. The third-order valence-electron chi connectivity index (χ3n) is 4.76. The number of nitrogens with zero attached hydrogens (tertiary/aromatic N) is 1. The molecule has 0 spiro atoms. The van der Waals surface area contributed by atoms with Crippen molar-refractivity contribution in [2.24, 2.45) is 5.92 Å². The third kappa shape index (κ3) is 5.68. The number of hydrogen-bond acceptors (Lipinski definition) is 5. The molecule has 1 fully saturated rings. The summed E-state index contributed by atoms with van der Waals surface area (Å²) in [5, 5.41) is 4.73. The smallest absolute Gasteiger partial charge is 0.263 e. The Hall–Kier alpha value is -2.23. The van der Waals surface area contributed by atoms with Crippen molar-refractivity contribution >= 4 is 38.9 Å². The number of rotatable bonds is 5. The molecule has 2 N–H and O–H groups in total. The minimum Gasteiger partial charge on any atom is -0.338 e. The molecule has 162 valence electrons. The maximum atomic E-state index is 12.6. The average Bonchev–Trinajstić information content (AvgIpc) is 3.21. The largest absolute Gasteiger partial charge is 0.338 e. The summed E-state index contributed by atoms with van der Waals surface area (Å²) in [6.45, 7) is 6.42. The first-order chi connectivity index (χ1) is 14.0. The molecule has 0 radical (unpaired) electrons. The molecule has 7 nitrogen and oxygen atoms in total. The number of benzene rings is 1. The van der Waals surface area contributed by atoms with Crippen molar-refractivity contribution in [1.29, 1.82) is 0 Å². The second-order valence-electron chi connectivity index (χ2n) is 8.41. The van der Waals surface area contributed by atoms with E-state index in [1.807, 2.05) is 17.5 Å². The lowest BCUT2D eigenvalue weighted by atomic mass is 9.95. The Labute approximate surface area is 181 Å². The fraction of sp³-hybridized carbons (Fsp3) is 0.429. The molecular formula is C21H27N3O4S2. The van der Waals surface area contributed by atoms with Crippen LogP contribution in [0.15, 0.2) is 46.7 Å². The van der Waals surface area contributed by atoms with Gasteiger partial charge in [0.1, 0.15) is 0 Å². The maximum Gasteiger partial charge on any atom is 0.263 e. The van der Waals surface area contributed by atoms with E-state index in [9.17, 15) is 18.0 Å². The predicted molar refractivity (Wildman–Crippen MR) is 118 cm³/mol. The summed E-state index contributed by atoms with van der Waals surface area (Å²) in [6.07, 6.45) is 1.20. The topological polar surface area (TPSA) is 95.6 Å². The second kappa shape index (κ2) is 8.87. The monoisotopic (exact) mass is 449 g/mol. The van der Waals surface area contributed by atoms with Crippen LogP contribution in [0.5, 0.6) is 0 Å². The molecule has 1 aromatic heterocycles. The molecule has 0 aliphatic carbocycles. The summed E-state index contributed by atoms with van der Waals surface area (Å²) in [7, 11) is -3.62. The van der Waals surface area contributed by atoms with Gasteiger partial charge in [-0.25, -0.2) is 13.1 Å². The summed E-state index contributed by atoms with van der Waals surface area (Å²) in [5.74, 6) is -0.269. The summed E-state index contributed by atoms with van der Waals surface area (Å²) in [6, 6.07) is 9.80. The lowest BCUT2D eigenvalue weighted by Gasteiger charge is -2.31. The number of sulfonamides is 1. The molecule has 2 aromatic rings. The molecule has 1 saturated heterocycles. The minimum absolute atomic E-state index is 0.0181. The fourth-order valence-electron chi connectivity index (χ4n) is 3.32. The predicted octanol–water partition coefficient (Wildman–Crippen LogP) is 3.32. The molecule has 9 heteroatoms. The molecule has 2 amide bonds. The van der Waals surface area contributed by atoms with Crippen molar-refractivity contribution in [2.75, 3.05) is 18.4 Å². The Morgan fingerprint density at radius 3 is 2.23 bits per heavy atom. The van der Waals surface area contributed by atoms with E-state index in [-0.39, 0.29) is 22.6 Å². The van der Waals surface area contributed by atoms with E-state index in [2.05, 4.69) is 10.0 Å². The van der Waals surface area contributed by atoms with Crippen LogP contribution in [0.4, 0.5) is 5.69 Å². The highest BCUT2D eigenvalue weighted by molar-refractivity contribution is 7.89. The molecule has 0 unspecified atom stereocenters. The zero-order valence-corrected chi connectivity index (χ0v) is 19.0. The second-order valence-corrected chi connectivity index (χ2v) is 11.0. The molecular weight excluding hydrogens is 422 g/mol. The highest BCUT2D eigenvalue weighted by atomic mass is 32.2. The zero-order chi connectivity index (χ0) is 21.9. The summed E-state index contributed by atoms with van der Waals surface area (Å²) in [5.41, 5.74) is -0.0299. The minimum atomic E-state index is -3.62. The Balaban J connectivity index is 1.55. The number of carbonyl (C=O) groups excluding carboxylic acids is 2. The van der Waals surface area contributed by atoms with Crippen LogP contribution in [0.25, 0.3) is 0 Å². The Morgan fingerprint density at radius 2 is 1.70 bits per heavy atom. The number of likely N-dealkylation sites (tertiary alicyclic amines) is 1. The van der Waals surface area contributed by atoms with E-state index >= 15 is 0 Å². The molecule has 0 saturated carbocycles. The molecule has 1 aliphatic heterocycles. The van der Waals surface area contributed by atoms with E-state index in [0.717, 1.165) is 0 Å². The number of thiophene rings is 1. The fourth-order valence-corrected chi connectivity index (χ4v) is 5.43. The maximum absolute atomic E-state index is 12.6. The van der Waals surface area contributed by atoms with Crippen LogP contribution in [0.3, 0.4) is 0 Å². The summed E-state index contributed by atoms with van der Waals surface area (Å²) >= 11 is 1.42. The highest BCUT2D eigenvalue weighted by Gasteiger charge is 2.28. The number of piperidine rings is 1. The van der Waals surface area contributed by atoms with E-state index in [0.29, 0.717) is 36.5 Å². The van der Waals surface area contributed by atoms with Crippen molar-refractivity contribution in [1.82, 2.24) is 9.62 Å². The molecule has 1 aliphatic rings. The highest BCUT2D eigenvalue weighted by Crippen LogP contribution is 2.23. The Bertz CT molecular complexity index is 986. The van der Waals surface area contributed by atoms with E-state index in [4.69, 9.17) is 0 Å². The Kier molecular flexibility index (Phi) is 6.64. The molecule has 3 rings (SSSR count). The average molecular weight is 450 g/mol. The van der Waals surface area contributed by atoms with Crippen molar-refractivity contribution in [3.8, 4) is 0 Å². The van der Waals surface area contributed by atoms with Gasteiger partial charge in [-0.15, -0.1) is 11.3 Å². The van der Waals surface area contributed by atoms with Gasteiger partial charge in [-0.05, 0) is 69.3 Å². The normalized spacial score (nSPS) is 15.8. The van der Waals surface area contributed by atoms with Gasteiger partial charge in [0.15, 0.2) is 0 Å². The zero-order valence-electron chi connectivity index (χ0n) is 17.3. The molecule has 0 atom stereocenters. The quantitative estimate of drug-likeness (QED) is 0.732. The van der Waals surface area contributed by atoms with E-state index in [1.165, 1.54) is 23.5 Å². The van der Waals surface area contributed by atoms with Gasteiger partial charge in [0.05, 0.1) is 9.77 Å². The van der Waals surface area contributed by atoms with Crippen molar-refractivity contribution in [2.45, 2.75) is 44.0 Å². The van der Waals surface area contributed by atoms with Crippen molar-refractivity contribution in [3.05, 3.63) is 46.7 Å². The number of carbonyl (C=O) groups is 2. The lowest BCUT2D eigenvalue weighted by Crippen LogP contribution is -2.41. The number of anilines is 1. The van der Waals surface area contributed by atoms with Gasteiger partial charge in [-0.3, -0.25) is 9.59 Å². The standard InChI is InChI=1S/C21H27N3O4S2/c1-21(2,3)23-30(27,28)17-8-6-16(7-9-17)22-19(25)15-10-12-24(13-11-15)20(26)18-5-4-14-29-18/h4-9,14-15,23H,10-13H2,1-3H3,(H,22,25). The van der Waals surface area contributed by atoms with Gasteiger partial charge < -0.3 is 10.2 Å². The van der Waals surface area contributed by atoms with Crippen LogP contribution in [0, 0.1) is 5.92 Å². The SMILES string of the molecule is CC(C)(C)NS(=O)(=O)c1ccc(NC(=O)C2CCN(C(=O)c3cccs3)CC2)cc1. The van der Waals surface area contributed by atoms with Crippen LogP contribution < -0.4 is 10.0 Å². The van der Waals surface area contributed by atoms with Crippen molar-refractivity contribution in [3.63, 3.8) is 0 Å². The molecule has 0 bridgehead atoms. The van der Waals surface area contributed by atoms with Crippen LogP contribution >= 0.6 is 11.3 Å². The Morgan fingerprint density at radius 1 is 1.07 bits per heavy atom. The lowest BCUT2D eigenvalue weighted by molar-refractivity contribution is -0.121. The van der Waals surface area contributed by atoms with Crippen molar-refractivity contribution < 1.29 is 18.0 Å². The van der Waals surface area contributed by atoms with Gasteiger partial charge in [0, 0.05) is 30.2 Å². The number of amides is 2. The third-order valence-corrected chi connectivity index (χ3v) is 7.39. The number of nitrogens with one attached hydrogen (secondary N) is 2. The van der Waals surface area contributed by atoms with E-state index in [1.54, 1.807) is 37.8 Å². The first kappa shape index (κ1) is 22.5. The van der Waals surface area contributed by atoms with Gasteiger partial charge in [-0.1, -0.05) is 6.07 Å². The number of hydrogen-bond donors (Lipinski definition) is 2. The molecule has 2 heterocycles.